The summed E-state index contributed by atoms with van der Waals surface area (Å²) >= 11 is 8.86. The fourth-order valence-electron chi connectivity index (χ4n) is 2.49. The van der Waals surface area contributed by atoms with Crippen molar-refractivity contribution in [2.75, 3.05) is 0 Å². The first-order valence-corrected chi connectivity index (χ1v) is 7.98. The molecule has 130 valence electrons. The molecule has 24 heavy (non-hydrogen) atoms. The average molecular weight is 423 g/mol. The van der Waals surface area contributed by atoms with Crippen LogP contribution in [-0.2, 0) is 9.53 Å². The van der Waals surface area contributed by atoms with Crippen molar-refractivity contribution in [3.8, 4) is 5.75 Å². The van der Waals surface area contributed by atoms with Crippen LogP contribution in [0.2, 0.25) is 5.02 Å². The highest BCUT2D eigenvalue weighted by Crippen LogP contribution is 2.38. The van der Waals surface area contributed by atoms with Gasteiger partial charge in [0.25, 0.3) is 0 Å². The first kappa shape index (κ1) is 17.5. The number of nitrogens with one attached hydrogen (secondary N) is 1. The fraction of sp³-hybridized carbons (Fsp3) is 0.357. The highest BCUT2D eigenvalue weighted by Gasteiger charge is 2.57. The van der Waals surface area contributed by atoms with Gasteiger partial charge in [0.15, 0.2) is 16.7 Å². The molecule has 5 N–H and O–H groups in total. The molecule has 0 bridgehead atoms. The Morgan fingerprint density at radius 3 is 2.75 bits per heavy atom. The monoisotopic (exact) mass is 421 g/mol. The van der Waals surface area contributed by atoms with Crippen LogP contribution in [0.25, 0.3) is 10.9 Å². The van der Waals surface area contributed by atoms with Gasteiger partial charge in [-0.15, -0.1) is 0 Å². The van der Waals surface area contributed by atoms with Crippen LogP contribution in [0.1, 0.15) is 0 Å². The largest absolute Gasteiger partial charge is 0.479 e. The maximum atomic E-state index is 11.2. The molecule has 2 aromatic rings. The van der Waals surface area contributed by atoms with Crippen LogP contribution in [0.3, 0.4) is 0 Å². The number of hydrogen-bond donors (Lipinski definition) is 5. The second-order valence-electron chi connectivity index (χ2n) is 5.31. The summed E-state index contributed by atoms with van der Waals surface area (Å²) in [6.45, 7) is 0. The minimum atomic E-state index is -2.32. The van der Waals surface area contributed by atoms with Gasteiger partial charge in [-0.2, -0.15) is 0 Å². The highest BCUT2D eigenvalue weighted by molar-refractivity contribution is 9.10. The number of alkyl halides is 1. The maximum absolute atomic E-state index is 11.2. The second kappa shape index (κ2) is 6.17. The highest BCUT2D eigenvalue weighted by atomic mass is 79.9. The van der Waals surface area contributed by atoms with Crippen molar-refractivity contribution in [3.63, 3.8) is 0 Å². The number of ether oxygens (including phenoxy) is 2. The summed E-state index contributed by atoms with van der Waals surface area (Å²) in [4.78, 5) is 14.1. The molecule has 5 atom stereocenters. The summed E-state index contributed by atoms with van der Waals surface area (Å²) in [6.07, 6.45) is -5.58. The van der Waals surface area contributed by atoms with Gasteiger partial charge in [-0.3, -0.25) is 0 Å². The first-order chi connectivity index (χ1) is 11.2. The standard InChI is InChI=1S/C14H13BrClNO7/c15-14(22)10(18)9(12(20)21)24-13(11(14)19)23-7-4-17-6-3-1-2-5(16)8(6)7/h1-4,9-11,13,17-19,22H,(H,20,21)/t9-,10+,11-,13+,14-/m0/s1. The van der Waals surface area contributed by atoms with Crippen LogP contribution >= 0.6 is 27.5 Å². The van der Waals surface area contributed by atoms with E-state index in [4.69, 9.17) is 26.2 Å². The molecular formula is C14H13BrClNO7. The van der Waals surface area contributed by atoms with Gasteiger partial charge >= 0.3 is 5.97 Å². The van der Waals surface area contributed by atoms with Gasteiger partial charge in [-0.25, -0.2) is 4.79 Å². The number of carboxylic acids is 1. The number of hydrogen-bond acceptors (Lipinski definition) is 6. The van der Waals surface area contributed by atoms with Crippen LogP contribution in [-0.4, -0.2) is 60.5 Å². The van der Waals surface area contributed by atoms with Gasteiger partial charge in [0, 0.05) is 6.20 Å². The van der Waals surface area contributed by atoms with Gasteiger partial charge in [-0.1, -0.05) is 17.7 Å². The molecule has 0 amide bonds. The third kappa shape index (κ3) is 2.77. The maximum Gasteiger partial charge on any atom is 0.335 e. The van der Waals surface area contributed by atoms with E-state index in [1.165, 1.54) is 6.20 Å². The van der Waals surface area contributed by atoms with Crippen molar-refractivity contribution in [2.45, 2.75) is 29.1 Å². The predicted octanol–water partition coefficient (Wildman–Crippen LogP) is 0.815. The van der Waals surface area contributed by atoms with E-state index in [0.717, 1.165) is 0 Å². The Balaban J connectivity index is 1.94. The number of carboxylic acid groups (broad SMARTS) is 1. The SMILES string of the molecule is O=C(O)[C@H]1O[C@@H](Oc2c[nH]c3cccc(Cl)c23)[C@H](O)[C@](O)(Br)[C@@H]1O. The molecule has 3 rings (SSSR count). The third-order valence-electron chi connectivity index (χ3n) is 3.76. The zero-order valence-corrected chi connectivity index (χ0v) is 14.2. The molecule has 8 nitrogen and oxygen atoms in total. The van der Waals surface area contributed by atoms with Crippen molar-refractivity contribution >= 4 is 44.4 Å². The summed E-state index contributed by atoms with van der Waals surface area (Å²) in [5, 5.41) is 40.2. The lowest BCUT2D eigenvalue weighted by atomic mass is 9.98. The van der Waals surface area contributed by atoms with Crippen molar-refractivity contribution in [1.82, 2.24) is 4.98 Å². The molecule has 1 aliphatic heterocycles. The predicted molar refractivity (Wildman–Crippen MR) is 86.1 cm³/mol. The summed E-state index contributed by atoms with van der Waals surface area (Å²) < 4.78 is 8.29. The molecule has 1 aliphatic rings. The first-order valence-electron chi connectivity index (χ1n) is 6.81. The van der Waals surface area contributed by atoms with Crippen molar-refractivity contribution in [1.29, 1.82) is 0 Å². The van der Waals surface area contributed by atoms with Crippen LogP contribution in [0, 0.1) is 0 Å². The normalized spacial score (nSPS) is 33.5. The lowest BCUT2D eigenvalue weighted by molar-refractivity contribution is -0.278. The number of carbonyl (C=O) groups is 1. The molecule has 0 spiro atoms. The van der Waals surface area contributed by atoms with Gasteiger partial charge in [0.2, 0.25) is 6.29 Å². The number of benzene rings is 1. The van der Waals surface area contributed by atoms with Gasteiger partial charge in [-0.05, 0) is 28.1 Å². The number of aliphatic hydroxyl groups is 3. The van der Waals surface area contributed by atoms with E-state index in [0.29, 0.717) is 15.9 Å². The molecule has 1 fully saturated rings. The molecule has 1 aromatic carbocycles. The summed E-state index contributed by atoms with van der Waals surface area (Å²) in [5.41, 5.74) is 0.659. The van der Waals surface area contributed by atoms with Crippen LogP contribution in [0.4, 0.5) is 0 Å². The van der Waals surface area contributed by atoms with Crippen molar-refractivity contribution in [2.24, 2.45) is 0 Å². The molecular weight excluding hydrogens is 410 g/mol. The number of fused-ring (bicyclic) bond motifs is 1. The Morgan fingerprint density at radius 1 is 1.38 bits per heavy atom. The van der Waals surface area contributed by atoms with Gasteiger partial charge < -0.3 is 34.9 Å². The van der Waals surface area contributed by atoms with E-state index in [2.05, 4.69) is 20.9 Å². The number of H-pyrrole nitrogens is 1. The molecule has 0 saturated carbocycles. The number of rotatable bonds is 3. The van der Waals surface area contributed by atoms with Crippen molar-refractivity contribution in [3.05, 3.63) is 29.4 Å². The zero-order valence-electron chi connectivity index (χ0n) is 11.9. The Morgan fingerprint density at radius 2 is 2.08 bits per heavy atom. The number of aliphatic hydroxyl groups excluding tert-OH is 2. The number of aliphatic carboxylic acids is 1. The summed E-state index contributed by atoms with van der Waals surface area (Å²) in [5.74, 6) is -1.32. The average Bonchev–Trinajstić information content (AvgIpc) is 2.92. The molecule has 1 saturated heterocycles. The van der Waals surface area contributed by atoms with Crippen LogP contribution in [0.5, 0.6) is 5.75 Å². The molecule has 2 heterocycles. The van der Waals surface area contributed by atoms with E-state index >= 15 is 0 Å². The third-order valence-corrected chi connectivity index (χ3v) is 5.01. The lowest BCUT2D eigenvalue weighted by Gasteiger charge is -2.43. The minimum Gasteiger partial charge on any atom is -0.479 e. The number of aromatic nitrogens is 1. The second-order valence-corrected chi connectivity index (χ2v) is 6.99. The Kier molecular flexibility index (Phi) is 4.49. The molecule has 0 unspecified atom stereocenters. The van der Waals surface area contributed by atoms with Crippen LogP contribution < -0.4 is 4.74 Å². The zero-order chi connectivity index (χ0) is 17.6. The van der Waals surface area contributed by atoms with E-state index in [1.54, 1.807) is 18.2 Å². The van der Waals surface area contributed by atoms with Crippen LogP contribution in [0.15, 0.2) is 24.4 Å². The summed E-state index contributed by atoms with van der Waals surface area (Å²) in [7, 11) is 0. The van der Waals surface area contributed by atoms with Gasteiger partial charge in [0.1, 0.15) is 11.9 Å². The van der Waals surface area contributed by atoms with E-state index < -0.39 is 35.1 Å². The van der Waals surface area contributed by atoms with E-state index in [-0.39, 0.29) is 5.75 Å². The Hall–Kier alpha value is -1.36. The fourth-order valence-corrected chi connectivity index (χ4v) is 3.21. The quantitative estimate of drug-likeness (QED) is 0.463. The molecule has 10 heteroatoms. The van der Waals surface area contributed by atoms with Crippen molar-refractivity contribution < 1.29 is 34.7 Å². The van der Waals surface area contributed by atoms with Gasteiger partial charge in [0.05, 0.1) is 15.9 Å². The molecule has 0 radical (unpaired) electrons. The Bertz CT molecular complexity index is 780. The minimum absolute atomic E-state index is 0.198. The summed E-state index contributed by atoms with van der Waals surface area (Å²) in [6, 6.07) is 5.11. The van der Waals surface area contributed by atoms with E-state index in [1.807, 2.05) is 0 Å². The number of halogens is 2. The molecule has 1 aromatic heterocycles. The smallest absolute Gasteiger partial charge is 0.335 e. The molecule has 0 aliphatic carbocycles. The topological polar surface area (TPSA) is 132 Å². The Labute approximate surface area is 148 Å². The number of aromatic amines is 1. The lowest BCUT2D eigenvalue weighted by Crippen LogP contribution is -2.66. The van der Waals surface area contributed by atoms with E-state index in [9.17, 15) is 20.1 Å².